The highest BCUT2D eigenvalue weighted by Gasteiger charge is 2.17. The van der Waals surface area contributed by atoms with Crippen LogP contribution < -0.4 is 10.5 Å². The number of carbonyl (C=O) groups excluding carboxylic acids is 1. The Morgan fingerprint density at radius 2 is 2.21 bits per heavy atom. The van der Waals surface area contributed by atoms with Gasteiger partial charge in [0, 0.05) is 26.4 Å². The number of hydrogen-bond acceptors (Lipinski definition) is 4. The number of sulfonamides is 1. The van der Waals surface area contributed by atoms with Gasteiger partial charge < -0.3 is 14.6 Å². The average molecular weight is 289 g/mol. The first-order valence-electron chi connectivity index (χ1n) is 5.84. The summed E-state index contributed by atoms with van der Waals surface area (Å²) in [6.45, 7) is 4.62. The summed E-state index contributed by atoms with van der Waals surface area (Å²) >= 11 is 0. The summed E-state index contributed by atoms with van der Waals surface area (Å²) in [5, 5.41) is 7.68. The molecule has 0 radical (unpaired) electrons. The molecule has 8 heteroatoms. The van der Waals surface area contributed by atoms with Crippen LogP contribution in [0.2, 0.25) is 0 Å². The molecule has 108 valence electrons. The zero-order valence-electron chi connectivity index (χ0n) is 11.2. The van der Waals surface area contributed by atoms with E-state index in [1.54, 1.807) is 7.05 Å². The number of carbonyl (C=O) groups is 1. The number of nitrogens with two attached hydrogens (primary N) is 1. The standard InChI is InChI=1S/C11H19N3O4S/c1-4-18-8(2)6-13-11(15)10-5-9(7-14(10)3)19(12,16)17/h5,7-8H,4,6H2,1-3H3,(H,13,15)(H2,12,16,17). The first-order valence-corrected chi connectivity index (χ1v) is 7.39. The van der Waals surface area contributed by atoms with Crippen molar-refractivity contribution in [2.45, 2.75) is 24.8 Å². The van der Waals surface area contributed by atoms with E-state index in [9.17, 15) is 13.2 Å². The van der Waals surface area contributed by atoms with Gasteiger partial charge in [-0.25, -0.2) is 13.6 Å². The Morgan fingerprint density at radius 1 is 1.58 bits per heavy atom. The van der Waals surface area contributed by atoms with E-state index in [-0.39, 0.29) is 22.6 Å². The van der Waals surface area contributed by atoms with Crippen LogP contribution >= 0.6 is 0 Å². The lowest BCUT2D eigenvalue weighted by Crippen LogP contribution is -2.33. The molecule has 7 nitrogen and oxygen atoms in total. The summed E-state index contributed by atoms with van der Waals surface area (Å²) in [5.74, 6) is -0.371. The number of primary sulfonamides is 1. The van der Waals surface area contributed by atoms with E-state index in [1.807, 2.05) is 13.8 Å². The Bertz CT molecular complexity index is 550. The van der Waals surface area contributed by atoms with Crippen molar-refractivity contribution >= 4 is 15.9 Å². The molecule has 0 aromatic carbocycles. The Kier molecular flexibility index (Phi) is 5.10. The zero-order valence-corrected chi connectivity index (χ0v) is 12.0. The number of rotatable bonds is 6. The first-order chi connectivity index (χ1) is 8.75. The monoisotopic (exact) mass is 289 g/mol. The summed E-state index contributed by atoms with van der Waals surface area (Å²) in [6.07, 6.45) is 1.20. The second-order valence-corrected chi connectivity index (χ2v) is 5.75. The number of nitrogens with one attached hydrogen (secondary N) is 1. The Hall–Kier alpha value is -1.38. The third kappa shape index (κ3) is 4.34. The lowest BCUT2D eigenvalue weighted by atomic mass is 10.3. The van der Waals surface area contributed by atoms with Crippen molar-refractivity contribution in [3.8, 4) is 0 Å². The summed E-state index contributed by atoms with van der Waals surface area (Å²) < 4.78 is 29.1. The van der Waals surface area contributed by atoms with Gasteiger partial charge >= 0.3 is 0 Å². The molecule has 1 aromatic heterocycles. The van der Waals surface area contributed by atoms with E-state index < -0.39 is 10.0 Å². The van der Waals surface area contributed by atoms with E-state index in [0.29, 0.717) is 13.2 Å². The molecular weight excluding hydrogens is 270 g/mol. The molecule has 1 heterocycles. The molecule has 0 bridgehead atoms. The minimum Gasteiger partial charge on any atom is -0.377 e. The number of aryl methyl sites for hydroxylation is 1. The number of ether oxygens (including phenoxy) is 1. The van der Waals surface area contributed by atoms with Crippen molar-refractivity contribution in [2.24, 2.45) is 12.2 Å². The Labute approximate surface area is 112 Å². The van der Waals surface area contributed by atoms with Gasteiger partial charge in [-0.15, -0.1) is 0 Å². The zero-order chi connectivity index (χ0) is 14.6. The Balaban J connectivity index is 2.75. The van der Waals surface area contributed by atoms with Crippen LogP contribution in [0.3, 0.4) is 0 Å². The Morgan fingerprint density at radius 3 is 2.68 bits per heavy atom. The molecule has 3 N–H and O–H groups in total. The lowest BCUT2D eigenvalue weighted by molar-refractivity contribution is 0.0692. The lowest BCUT2D eigenvalue weighted by Gasteiger charge is -2.12. The molecule has 0 spiro atoms. The van der Waals surface area contributed by atoms with Crippen LogP contribution in [0.15, 0.2) is 17.2 Å². The summed E-state index contributed by atoms with van der Waals surface area (Å²) in [7, 11) is -2.22. The summed E-state index contributed by atoms with van der Waals surface area (Å²) in [5.41, 5.74) is 0.229. The average Bonchev–Trinajstić information content (AvgIpc) is 2.68. The normalized spacial score (nSPS) is 13.3. The number of aromatic nitrogens is 1. The van der Waals surface area contributed by atoms with E-state index in [0.717, 1.165) is 0 Å². The van der Waals surface area contributed by atoms with Crippen molar-refractivity contribution in [2.75, 3.05) is 13.2 Å². The van der Waals surface area contributed by atoms with Gasteiger partial charge in [0.1, 0.15) is 10.6 Å². The van der Waals surface area contributed by atoms with Gasteiger partial charge in [0.15, 0.2) is 0 Å². The fourth-order valence-corrected chi connectivity index (χ4v) is 2.17. The minimum absolute atomic E-state index is 0.0852. The first kappa shape index (κ1) is 15.7. The number of nitrogens with zero attached hydrogens (tertiary/aromatic N) is 1. The maximum Gasteiger partial charge on any atom is 0.268 e. The van der Waals surface area contributed by atoms with Crippen LogP contribution in [-0.2, 0) is 21.8 Å². The highest BCUT2D eigenvalue weighted by atomic mass is 32.2. The molecule has 1 aromatic rings. The molecule has 1 amide bonds. The maximum atomic E-state index is 11.9. The van der Waals surface area contributed by atoms with E-state index in [2.05, 4.69) is 5.32 Å². The van der Waals surface area contributed by atoms with E-state index in [4.69, 9.17) is 9.88 Å². The second kappa shape index (κ2) is 6.18. The minimum atomic E-state index is -3.80. The molecule has 19 heavy (non-hydrogen) atoms. The molecule has 0 aliphatic rings. The predicted octanol–water partition coefficient (Wildman–Crippen LogP) is -0.173. The highest BCUT2D eigenvalue weighted by Crippen LogP contribution is 2.11. The van der Waals surface area contributed by atoms with Crippen LogP contribution in [0.4, 0.5) is 0 Å². The van der Waals surface area contributed by atoms with Crippen LogP contribution in [0.5, 0.6) is 0 Å². The van der Waals surface area contributed by atoms with Crippen LogP contribution in [0.25, 0.3) is 0 Å². The van der Waals surface area contributed by atoms with Gasteiger partial charge in [-0.05, 0) is 19.9 Å². The third-order valence-electron chi connectivity index (χ3n) is 2.54. The molecule has 0 aliphatic carbocycles. The van der Waals surface area contributed by atoms with Crippen molar-refractivity contribution in [1.82, 2.24) is 9.88 Å². The molecular formula is C11H19N3O4S. The van der Waals surface area contributed by atoms with Crippen molar-refractivity contribution in [3.63, 3.8) is 0 Å². The molecule has 0 saturated heterocycles. The predicted molar refractivity (Wildman–Crippen MR) is 70.2 cm³/mol. The topological polar surface area (TPSA) is 103 Å². The van der Waals surface area contributed by atoms with Crippen LogP contribution in [0, 0.1) is 0 Å². The van der Waals surface area contributed by atoms with Gasteiger partial charge in [-0.2, -0.15) is 0 Å². The van der Waals surface area contributed by atoms with Crippen molar-refractivity contribution < 1.29 is 17.9 Å². The molecule has 0 aliphatic heterocycles. The molecule has 0 saturated carbocycles. The highest BCUT2D eigenvalue weighted by molar-refractivity contribution is 7.89. The van der Waals surface area contributed by atoms with E-state index in [1.165, 1.54) is 16.8 Å². The fraction of sp³-hybridized carbons (Fsp3) is 0.545. The third-order valence-corrected chi connectivity index (χ3v) is 3.42. The van der Waals surface area contributed by atoms with E-state index >= 15 is 0 Å². The van der Waals surface area contributed by atoms with Gasteiger partial charge in [0.25, 0.3) is 5.91 Å². The molecule has 1 rings (SSSR count). The summed E-state index contributed by atoms with van der Waals surface area (Å²) in [4.78, 5) is 11.8. The number of hydrogen-bond donors (Lipinski definition) is 2. The molecule has 1 atom stereocenters. The quantitative estimate of drug-likeness (QED) is 0.758. The maximum absolute atomic E-state index is 11.9. The van der Waals surface area contributed by atoms with Crippen LogP contribution in [-0.4, -0.2) is 38.1 Å². The van der Waals surface area contributed by atoms with Crippen LogP contribution in [0.1, 0.15) is 24.3 Å². The fourth-order valence-electron chi connectivity index (χ4n) is 1.59. The van der Waals surface area contributed by atoms with Gasteiger partial charge in [-0.1, -0.05) is 0 Å². The second-order valence-electron chi connectivity index (χ2n) is 4.19. The smallest absolute Gasteiger partial charge is 0.268 e. The SMILES string of the molecule is CCOC(C)CNC(=O)c1cc(S(N)(=O)=O)cn1C. The van der Waals surface area contributed by atoms with Gasteiger partial charge in [0.05, 0.1) is 6.10 Å². The number of amides is 1. The molecule has 1 unspecified atom stereocenters. The largest absolute Gasteiger partial charge is 0.377 e. The van der Waals surface area contributed by atoms with Crippen molar-refractivity contribution in [1.29, 1.82) is 0 Å². The summed E-state index contributed by atoms with van der Waals surface area (Å²) in [6, 6.07) is 1.25. The molecule has 0 fully saturated rings. The van der Waals surface area contributed by atoms with Gasteiger partial charge in [-0.3, -0.25) is 4.79 Å². The van der Waals surface area contributed by atoms with Gasteiger partial charge in [0.2, 0.25) is 10.0 Å². The van der Waals surface area contributed by atoms with Crippen molar-refractivity contribution in [3.05, 3.63) is 18.0 Å².